The molecule has 2 N–H and O–H groups in total. The van der Waals surface area contributed by atoms with E-state index in [1.54, 1.807) is 6.07 Å². The standard InChI is InChI=1S/C13H16N4O/c14-8-10-9(15)4-5-13(16-10)17-6-7-18-12-3-1-2-11(12)17/h4-5,11-12H,1-3,6-7,15H2. The summed E-state index contributed by atoms with van der Waals surface area (Å²) >= 11 is 0. The Hall–Kier alpha value is -1.80. The smallest absolute Gasteiger partial charge is 0.165 e. The Morgan fingerprint density at radius 3 is 3.17 bits per heavy atom. The third-order valence-electron chi connectivity index (χ3n) is 3.79. The molecular formula is C13H16N4O. The maximum atomic E-state index is 8.99. The van der Waals surface area contributed by atoms with Crippen LogP contribution in [0.2, 0.25) is 0 Å². The van der Waals surface area contributed by atoms with Crippen molar-refractivity contribution < 1.29 is 4.74 Å². The molecule has 5 nitrogen and oxygen atoms in total. The van der Waals surface area contributed by atoms with Crippen molar-refractivity contribution in [3.63, 3.8) is 0 Å². The monoisotopic (exact) mass is 244 g/mol. The van der Waals surface area contributed by atoms with Crippen molar-refractivity contribution in [3.8, 4) is 6.07 Å². The topological polar surface area (TPSA) is 75.2 Å². The Bertz CT molecular complexity index is 496. The number of fused-ring (bicyclic) bond motifs is 1. The molecule has 2 atom stereocenters. The second-order valence-electron chi connectivity index (χ2n) is 4.82. The SMILES string of the molecule is N#Cc1nc(N2CCOC3CCCC32)ccc1N. The molecule has 1 aromatic heterocycles. The van der Waals surface area contributed by atoms with E-state index in [4.69, 9.17) is 15.7 Å². The minimum absolute atomic E-state index is 0.313. The number of ether oxygens (including phenoxy) is 1. The van der Waals surface area contributed by atoms with Crippen molar-refractivity contribution in [3.05, 3.63) is 17.8 Å². The highest BCUT2D eigenvalue weighted by Gasteiger charge is 2.36. The van der Waals surface area contributed by atoms with Crippen LogP contribution in [0, 0.1) is 11.3 Å². The van der Waals surface area contributed by atoms with Crippen LogP contribution in [0.25, 0.3) is 0 Å². The van der Waals surface area contributed by atoms with Gasteiger partial charge in [-0.05, 0) is 31.4 Å². The van der Waals surface area contributed by atoms with Gasteiger partial charge < -0.3 is 15.4 Å². The van der Waals surface area contributed by atoms with E-state index in [1.807, 2.05) is 12.1 Å². The molecule has 2 aliphatic rings. The summed E-state index contributed by atoms with van der Waals surface area (Å²) in [7, 11) is 0. The van der Waals surface area contributed by atoms with E-state index in [1.165, 1.54) is 6.42 Å². The minimum atomic E-state index is 0.313. The van der Waals surface area contributed by atoms with Crippen LogP contribution < -0.4 is 10.6 Å². The van der Waals surface area contributed by atoms with Crippen molar-refractivity contribution in [2.45, 2.75) is 31.4 Å². The summed E-state index contributed by atoms with van der Waals surface area (Å²) in [6.07, 6.45) is 3.79. The minimum Gasteiger partial charge on any atom is -0.396 e. The number of anilines is 2. The Labute approximate surface area is 106 Å². The van der Waals surface area contributed by atoms with E-state index < -0.39 is 0 Å². The molecule has 0 aromatic carbocycles. The summed E-state index contributed by atoms with van der Waals surface area (Å²) in [5, 5.41) is 8.99. The lowest BCUT2D eigenvalue weighted by atomic mass is 10.1. The largest absolute Gasteiger partial charge is 0.396 e. The summed E-state index contributed by atoms with van der Waals surface area (Å²) in [5.74, 6) is 0.848. The molecule has 3 rings (SSSR count). The Morgan fingerprint density at radius 2 is 2.33 bits per heavy atom. The summed E-state index contributed by atoms with van der Waals surface area (Å²) < 4.78 is 5.77. The van der Waals surface area contributed by atoms with Gasteiger partial charge >= 0.3 is 0 Å². The van der Waals surface area contributed by atoms with Crippen molar-refractivity contribution in [1.82, 2.24) is 4.98 Å². The number of nitrogens with two attached hydrogens (primary N) is 1. The van der Waals surface area contributed by atoms with Crippen molar-refractivity contribution in [2.24, 2.45) is 0 Å². The van der Waals surface area contributed by atoms with Gasteiger partial charge in [-0.2, -0.15) is 5.26 Å². The van der Waals surface area contributed by atoms with Gasteiger partial charge in [0.2, 0.25) is 0 Å². The van der Waals surface area contributed by atoms with Crippen LogP contribution in [0.5, 0.6) is 0 Å². The van der Waals surface area contributed by atoms with E-state index in [0.717, 1.165) is 31.8 Å². The lowest BCUT2D eigenvalue weighted by Gasteiger charge is -2.38. The molecule has 1 aromatic rings. The third kappa shape index (κ3) is 1.79. The zero-order chi connectivity index (χ0) is 12.5. The summed E-state index contributed by atoms with van der Waals surface area (Å²) in [5.41, 5.74) is 6.46. The van der Waals surface area contributed by atoms with Crippen LogP contribution in [-0.4, -0.2) is 30.3 Å². The average Bonchev–Trinajstić information content (AvgIpc) is 2.87. The predicted molar refractivity (Wildman–Crippen MR) is 68.1 cm³/mol. The zero-order valence-corrected chi connectivity index (χ0v) is 10.2. The Balaban J connectivity index is 1.92. The number of pyridine rings is 1. The van der Waals surface area contributed by atoms with Crippen LogP contribution in [-0.2, 0) is 4.74 Å². The number of nitrogen functional groups attached to an aromatic ring is 1. The van der Waals surface area contributed by atoms with E-state index in [9.17, 15) is 0 Å². The van der Waals surface area contributed by atoms with Gasteiger partial charge in [-0.1, -0.05) is 0 Å². The molecule has 0 spiro atoms. The van der Waals surface area contributed by atoms with Crippen LogP contribution in [0.4, 0.5) is 11.5 Å². The summed E-state index contributed by atoms with van der Waals surface area (Å²) in [4.78, 5) is 6.62. The highest BCUT2D eigenvalue weighted by atomic mass is 16.5. The number of hydrogen-bond donors (Lipinski definition) is 1. The van der Waals surface area contributed by atoms with E-state index in [2.05, 4.69) is 9.88 Å². The second kappa shape index (κ2) is 4.46. The number of aromatic nitrogens is 1. The van der Waals surface area contributed by atoms with Gasteiger partial charge in [0, 0.05) is 6.54 Å². The van der Waals surface area contributed by atoms with Gasteiger partial charge in [0.15, 0.2) is 5.69 Å². The van der Waals surface area contributed by atoms with Crippen molar-refractivity contribution >= 4 is 11.5 Å². The molecule has 94 valence electrons. The molecule has 1 aliphatic heterocycles. The van der Waals surface area contributed by atoms with E-state index >= 15 is 0 Å². The lowest BCUT2D eigenvalue weighted by molar-refractivity contribution is 0.0253. The number of rotatable bonds is 1. The van der Waals surface area contributed by atoms with Gasteiger partial charge in [0.05, 0.1) is 24.4 Å². The maximum Gasteiger partial charge on any atom is 0.165 e. The molecule has 1 saturated carbocycles. The van der Waals surface area contributed by atoms with Gasteiger partial charge in [0.1, 0.15) is 11.9 Å². The predicted octanol–water partition coefficient (Wildman–Crippen LogP) is 1.29. The molecule has 2 unspecified atom stereocenters. The lowest BCUT2D eigenvalue weighted by Crippen LogP contribution is -2.49. The second-order valence-corrected chi connectivity index (χ2v) is 4.82. The normalized spacial score (nSPS) is 26.7. The van der Waals surface area contributed by atoms with Crippen molar-refractivity contribution in [1.29, 1.82) is 5.26 Å². The van der Waals surface area contributed by atoms with Gasteiger partial charge in [-0.3, -0.25) is 0 Å². The molecule has 2 heterocycles. The van der Waals surface area contributed by atoms with Crippen LogP contribution >= 0.6 is 0 Å². The van der Waals surface area contributed by atoms with Crippen LogP contribution in [0.3, 0.4) is 0 Å². The van der Waals surface area contributed by atoms with Crippen LogP contribution in [0.15, 0.2) is 12.1 Å². The molecule has 0 amide bonds. The van der Waals surface area contributed by atoms with E-state index in [-0.39, 0.29) is 0 Å². The molecule has 1 aliphatic carbocycles. The number of hydrogen-bond acceptors (Lipinski definition) is 5. The maximum absolute atomic E-state index is 8.99. The fourth-order valence-electron chi connectivity index (χ4n) is 2.92. The first-order chi connectivity index (χ1) is 8.79. The number of nitrogens with zero attached hydrogens (tertiary/aromatic N) is 3. The Kier molecular flexibility index (Phi) is 2.80. The fraction of sp³-hybridized carbons (Fsp3) is 0.538. The number of nitriles is 1. The van der Waals surface area contributed by atoms with Gasteiger partial charge in [-0.25, -0.2) is 4.98 Å². The molecular weight excluding hydrogens is 228 g/mol. The summed E-state index contributed by atoms with van der Waals surface area (Å²) in [6.45, 7) is 1.57. The first-order valence-corrected chi connectivity index (χ1v) is 6.34. The first-order valence-electron chi connectivity index (χ1n) is 6.34. The average molecular weight is 244 g/mol. The highest BCUT2D eigenvalue weighted by molar-refractivity contribution is 5.56. The van der Waals surface area contributed by atoms with Crippen LogP contribution in [0.1, 0.15) is 25.0 Å². The quantitative estimate of drug-likeness (QED) is 0.805. The number of morpholine rings is 1. The molecule has 5 heteroatoms. The third-order valence-corrected chi connectivity index (χ3v) is 3.79. The fourth-order valence-corrected chi connectivity index (χ4v) is 2.92. The molecule has 1 saturated heterocycles. The van der Waals surface area contributed by atoms with Gasteiger partial charge in [0.25, 0.3) is 0 Å². The zero-order valence-electron chi connectivity index (χ0n) is 10.2. The van der Waals surface area contributed by atoms with Crippen molar-refractivity contribution in [2.75, 3.05) is 23.8 Å². The highest BCUT2D eigenvalue weighted by Crippen LogP contribution is 2.32. The van der Waals surface area contributed by atoms with Gasteiger partial charge in [-0.15, -0.1) is 0 Å². The molecule has 0 radical (unpaired) electrons. The summed E-state index contributed by atoms with van der Waals surface area (Å²) in [6, 6.07) is 6.11. The molecule has 0 bridgehead atoms. The molecule has 18 heavy (non-hydrogen) atoms. The molecule has 2 fully saturated rings. The van der Waals surface area contributed by atoms with E-state index in [0.29, 0.717) is 23.5 Å². The Morgan fingerprint density at radius 1 is 1.44 bits per heavy atom. The first kappa shape index (κ1) is 11.3.